The third-order valence-corrected chi connectivity index (χ3v) is 5.16. The van der Waals surface area contributed by atoms with Crippen LogP contribution in [0.2, 0.25) is 0 Å². The van der Waals surface area contributed by atoms with E-state index in [1.54, 1.807) is 10.9 Å². The molecule has 0 radical (unpaired) electrons. The Morgan fingerprint density at radius 1 is 1.45 bits per heavy atom. The fourth-order valence-corrected chi connectivity index (χ4v) is 3.70. The van der Waals surface area contributed by atoms with Gasteiger partial charge in [0.25, 0.3) is 0 Å². The molecule has 0 unspecified atom stereocenters. The fourth-order valence-electron chi connectivity index (χ4n) is 2.25. The van der Waals surface area contributed by atoms with E-state index < -0.39 is 10.0 Å². The highest BCUT2D eigenvalue weighted by molar-refractivity contribution is 7.89. The SMILES string of the molecule is CNCCCn1cc(S(=O)(=O)N2CCC=C(C)C2)cn1. The molecule has 1 aromatic heterocycles. The lowest BCUT2D eigenvalue weighted by molar-refractivity contribution is 0.427. The number of aromatic nitrogens is 2. The first kappa shape index (κ1) is 15.2. The first-order chi connectivity index (χ1) is 9.54. The van der Waals surface area contributed by atoms with E-state index >= 15 is 0 Å². The maximum atomic E-state index is 12.5. The van der Waals surface area contributed by atoms with Crippen molar-refractivity contribution in [1.29, 1.82) is 0 Å². The number of hydrogen-bond acceptors (Lipinski definition) is 4. The van der Waals surface area contributed by atoms with Gasteiger partial charge in [0.1, 0.15) is 4.90 Å². The second kappa shape index (κ2) is 6.51. The van der Waals surface area contributed by atoms with Crippen molar-refractivity contribution < 1.29 is 8.42 Å². The summed E-state index contributed by atoms with van der Waals surface area (Å²) in [5.74, 6) is 0. The van der Waals surface area contributed by atoms with Gasteiger partial charge < -0.3 is 5.32 Å². The molecule has 1 aliphatic rings. The zero-order valence-electron chi connectivity index (χ0n) is 12.0. The number of hydrogen-bond donors (Lipinski definition) is 1. The monoisotopic (exact) mass is 298 g/mol. The normalized spacial score (nSPS) is 17.2. The Bertz CT molecular complexity index is 577. The van der Waals surface area contributed by atoms with Gasteiger partial charge in [-0.2, -0.15) is 9.40 Å². The van der Waals surface area contributed by atoms with Gasteiger partial charge in [0.15, 0.2) is 0 Å². The Labute approximate surface area is 120 Å². The highest BCUT2D eigenvalue weighted by Crippen LogP contribution is 2.19. The largest absolute Gasteiger partial charge is 0.320 e. The van der Waals surface area contributed by atoms with Crippen molar-refractivity contribution in [2.24, 2.45) is 0 Å². The molecule has 0 aliphatic carbocycles. The Hall–Kier alpha value is -1.18. The van der Waals surface area contributed by atoms with Crippen LogP contribution in [0.1, 0.15) is 19.8 Å². The molecule has 0 saturated carbocycles. The molecule has 6 nitrogen and oxygen atoms in total. The van der Waals surface area contributed by atoms with Gasteiger partial charge in [-0.05, 0) is 33.4 Å². The van der Waals surface area contributed by atoms with Crippen LogP contribution in [0.15, 0.2) is 28.9 Å². The standard InChI is InChI=1S/C13H22N4O2S/c1-12-5-3-8-17(10-12)20(18,19)13-9-15-16(11-13)7-4-6-14-2/h5,9,11,14H,3-4,6-8,10H2,1-2H3. The second-order valence-corrected chi connectivity index (χ2v) is 7.01. The van der Waals surface area contributed by atoms with Crippen LogP contribution in [0.5, 0.6) is 0 Å². The fraction of sp³-hybridized carbons (Fsp3) is 0.615. The van der Waals surface area contributed by atoms with Crippen molar-refractivity contribution in [1.82, 2.24) is 19.4 Å². The summed E-state index contributed by atoms with van der Waals surface area (Å²) in [5, 5.41) is 7.19. The zero-order chi connectivity index (χ0) is 14.6. The summed E-state index contributed by atoms with van der Waals surface area (Å²) < 4.78 is 28.2. The molecule has 0 atom stereocenters. The molecule has 0 aromatic carbocycles. The van der Waals surface area contributed by atoms with Crippen LogP contribution in [-0.2, 0) is 16.6 Å². The summed E-state index contributed by atoms with van der Waals surface area (Å²) in [5.41, 5.74) is 1.10. The van der Waals surface area contributed by atoms with E-state index in [4.69, 9.17) is 0 Å². The Morgan fingerprint density at radius 2 is 2.25 bits per heavy atom. The van der Waals surface area contributed by atoms with Gasteiger partial charge in [-0.25, -0.2) is 8.42 Å². The molecule has 2 heterocycles. The molecule has 0 fully saturated rings. The maximum Gasteiger partial charge on any atom is 0.246 e. The van der Waals surface area contributed by atoms with Gasteiger partial charge in [-0.3, -0.25) is 4.68 Å². The van der Waals surface area contributed by atoms with Crippen LogP contribution in [0.25, 0.3) is 0 Å². The van der Waals surface area contributed by atoms with Crippen LogP contribution >= 0.6 is 0 Å². The van der Waals surface area contributed by atoms with E-state index in [0.717, 1.165) is 31.5 Å². The molecule has 7 heteroatoms. The van der Waals surface area contributed by atoms with Gasteiger partial charge in [-0.15, -0.1) is 0 Å². The summed E-state index contributed by atoms with van der Waals surface area (Å²) in [7, 11) is -1.52. The van der Waals surface area contributed by atoms with Crippen molar-refractivity contribution in [2.75, 3.05) is 26.7 Å². The lowest BCUT2D eigenvalue weighted by Crippen LogP contribution is -2.35. The third kappa shape index (κ3) is 3.47. The summed E-state index contributed by atoms with van der Waals surface area (Å²) in [6, 6.07) is 0. The summed E-state index contributed by atoms with van der Waals surface area (Å²) in [4.78, 5) is 0.289. The third-order valence-electron chi connectivity index (χ3n) is 3.36. The van der Waals surface area contributed by atoms with Crippen molar-refractivity contribution in [3.05, 3.63) is 24.0 Å². The molecule has 1 aliphatic heterocycles. The van der Waals surface area contributed by atoms with Crippen LogP contribution in [0.3, 0.4) is 0 Å². The number of nitrogens with zero attached hydrogens (tertiary/aromatic N) is 3. The Morgan fingerprint density at radius 3 is 2.95 bits per heavy atom. The molecule has 0 amide bonds. The molecule has 0 saturated heterocycles. The number of aryl methyl sites for hydroxylation is 1. The van der Waals surface area contributed by atoms with Crippen molar-refractivity contribution >= 4 is 10.0 Å². The van der Waals surface area contributed by atoms with E-state index in [0.29, 0.717) is 13.1 Å². The molecular formula is C13H22N4O2S. The van der Waals surface area contributed by atoms with Crippen LogP contribution in [0.4, 0.5) is 0 Å². The minimum atomic E-state index is -3.41. The number of nitrogens with one attached hydrogen (secondary N) is 1. The van der Waals surface area contributed by atoms with E-state index in [1.807, 2.05) is 14.0 Å². The molecule has 112 valence electrons. The van der Waals surface area contributed by atoms with Gasteiger partial charge in [-0.1, -0.05) is 11.6 Å². The molecular weight excluding hydrogens is 276 g/mol. The van der Waals surface area contributed by atoms with E-state index in [1.165, 1.54) is 10.5 Å². The Kier molecular flexibility index (Phi) is 4.95. The highest BCUT2D eigenvalue weighted by Gasteiger charge is 2.27. The van der Waals surface area contributed by atoms with Crippen molar-refractivity contribution in [2.45, 2.75) is 31.2 Å². The lowest BCUT2D eigenvalue weighted by atomic mass is 10.2. The first-order valence-corrected chi connectivity index (χ1v) is 8.31. The molecule has 20 heavy (non-hydrogen) atoms. The molecule has 2 rings (SSSR count). The maximum absolute atomic E-state index is 12.5. The van der Waals surface area contributed by atoms with Gasteiger partial charge >= 0.3 is 0 Å². The van der Waals surface area contributed by atoms with Gasteiger partial charge in [0, 0.05) is 25.8 Å². The predicted molar refractivity (Wildman–Crippen MR) is 77.9 cm³/mol. The van der Waals surface area contributed by atoms with E-state index in [9.17, 15) is 8.42 Å². The van der Waals surface area contributed by atoms with E-state index in [-0.39, 0.29) is 4.90 Å². The van der Waals surface area contributed by atoms with Gasteiger partial charge in [0.2, 0.25) is 10.0 Å². The van der Waals surface area contributed by atoms with Crippen molar-refractivity contribution in [3.63, 3.8) is 0 Å². The first-order valence-electron chi connectivity index (χ1n) is 6.87. The van der Waals surface area contributed by atoms with E-state index in [2.05, 4.69) is 16.5 Å². The quantitative estimate of drug-likeness (QED) is 0.624. The van der Waals surface area contributed by atoms with Crippen LogP contribution < -0.4 is 5.32 Å². The number of rotatable bonds is 6. The average Bonchev–Trinajstić information content (AvgIpc) is 2.88. The minimum Gasteiger partial charge on any atom is -0.320 e. The minimum absolute atomic E-state index is 0.289. The Balaban J connectivity index is 2.08. The smallest absolute Gasteiger partial charge is 0.246 e. The molecule has 1 N–H and O–H groups in total. The lowest BCUT2D eigenvalue weighted by Gasteiger charge is -2.24. The van der Waals surface area contributed by atoms with Crippen LogP contribution in [0, 0.1) is 0 Å². The molecule has 0 spiro atoms. The zero-order valence-corrected chi connectivity index (χ0v) is 12.9. The summed E-state index contributed by atoms with van der Waals surface area (Å²) >= 11 is 0. The second-order valence-electron chi connectivity index (χ2n) is 5.07. The molecule has 0 bridgehead atoms. The number of sulfonamides is 1. The molecule has 1 aromatic rings. The van der Waals surface area contributed by atoms with Gasteiger partial charge in [0.05, 0.1) is 6.20 Å². The predicted octanol–water partition coefficient (Wildman–Crippen LogP) is 0.833. The topological polar surface area (TPSA) is 67.2 Å². The van der Waals surface area contributed by atoms with Crippen molar-refractivity contribution in [3.8, 4) is 0 Å². The summed E-state index contributed by atoms with van der Waals surface area (Å²) in [6.45, 7) is 4.59. The average molecular weight is 298 g/mol. The highest BCUT2D eigenvalue weighted by atomic mass is 32.2. The summed E-state index contributed by atoms with van der Waals surface area (Å²) in [6.07, 6.45) is 6.86. The van der Waals surface area contributed by atoms with Crippen LogP contribution in [-0.4, -0.2) is 49.2 Å².